The maximum absolute atomic E-state index is 14.1. The van der Waals surface area contributed by atoms with E-state index >= 15 is 0 Å². The van der Waals surface area contributed by atoms with Crippen LogP contribution < -0.4 is 5.73 Å². The summed E-state index contributed by atoms with van der Waals surface area (Å²) in [5, 5.41) is 9.49. The summed E-state index contributed by atoms with van der Waals surface area (Å²) in [6.07, 6.45) is -0.169. The number of ether oxygens (including phenoxy) is 1. The summed E-state index contributed by atoms with van der Waals surface area (Å²) in [4.78, 5) is 13.4. The first-order chi connectivity index (χ1) is 13.3. The molecule has 2 aliphatic heterocycles. The molecule has 8 heteroatoms. The van der Waals surface area contributed by atoms with Gasteiger partial charge in [-0.1, -0.05) is 17.7 Å². The Labute approximate surface area is 165 Å². The molecule has 1 fully saturated rings. The first-order valence-corrected chi connectivity index (χ1v) is 9.32. The van der Waals surface area contributed by atoms with Crippen molar-refractivity contribution in [3.63, 3.8) is 0 Å². The van der Waals surface area contributed by atoms with Crippen molar-refractivity contribution in [1.29, 1.82) is 0 Å². The van der Waals surface area contributed by atoms with Crippen LogP contribution in [-0.4, -0.2) is 34.7 Å². The minimum absolute atomic E-state index is 0.0281. The number of hydrogen-bond acceptors (Lipinski definition) is 4. The van der Waals surface area contributed by atoms with Crippen molar-refractivity contribution in [3.8, 4) is 0 Å². The van der Waals surface area contributed by atoms with E-state index in [1.807, 2.05) is 0 Å². The molecular weight excluding hydrogens is 390 g/mol. The summed E-state index contributed by atoms with van der Waals surface area (Å²) in [6.45, 7) is 1.41. The highest BCUT2D eigenvalue weighted by Crippen LogP contribution is 2.37. The first kappa shape index (κ1) is 19.3. The zero-order chi connectivity index (χ0) is 20.0. The number of nitrogens with two attached hydrogens (primary N) is 1. The molecule has 2 aliphatic rings. The lowest BCUT2D eigenvalue weighted by atomic mass is 9.93. The number of aromatic carboxylic acids is 1. The summed E-state index contributed by atoms with van der Waals surface area (Å²) in [6, 6.07) is 6.03. The molecule has 0 radical (unpaired) electrons. The molecule has 3 atom stereocenters. The second-order valence-electron chi connectivity index (χ2n) is 7.25. The van der Waals surface area contributed by atoms with Gasteiger partial charge in [0.15, 0.2) is 0 Å². The molecule has 2 heterocycles. The Hall–Kier alpha value is -2.06. The van der Waals surface area contributed by atoms with Crippen LogP contribution in [0.15, 0.2) is 30.3 Å². The lowest BCUT2D eigenvalue weighted by molar-refractivity contribution is -0.0531. The smallest absolute Gasteiger partial charge is 0.337 e. The monoisotopic (exact) mass is 408 g/mol. The van der Waals surface area contributed by atoms with E-state index in [9.17, 15) is 18.7 Å². The molecule has 0 amide bonds. The van der Waals surface area contributed by atoms with E-state index in [0.717, 1.165) is 29.3 Å². The lowest BCUT2D eigenvalue weighted by Crippen LogP contribution is -2.47. The number of fused-ring (bicyclic) bond motifs is 1. The topological polar surface area (TPSA) is 75.8 Å². The number of rotatable bonds is 3. The fourth-order valence-corrected chi connectivity index (χ4v) is 4.36. The van der Waals surface area contributed by atoms with Gasteiger partial charge in [-0.2, -0.15) is 0 Å². The maximum Gasteiger partial charge on any atom is 0.337 e. The molecule has 4 rings (SSSR count). The largest absolute Gasteiger partial charge is 0.478 e. The van der Waals surface area contributed by atoms with Crippen molar-refractivity contribution in [2.75, 3.05) is 6.61 Å². The third kappa shape index (κ3) is 3.39. The fourth-order valence-electron chi connectivity index (χ4n) is 4.03. The Bertz CT molecular complexity index is 940. The number of hydrogen-bond donors (Lipinski definition) is 2. The van der Waals surface area contributed by atoms with Gasteiger partial charge in [0.25, 0.3) is 0 Å². The fraction of sp³-hybridized carbons (Fsp3) is 0.350. The highest BCUT2D eigenvalue weighted by Gasteiger charge is 2.37. The number of carboxylic acids is 1. The van der Waals surface area contributed by atoms with Gasteiger partial charge in [0.2, 0.25) is 0 Å². The average molecular weight is 409 g/mol. The second kappa shape index (κ2) is 7.40. The van der Waals surface area contributed by atoms with E-state index in [1.54, 1.807) is 6.07 Å². The van der Waals surface area contributed by atoms with Crippen molar-refractivity contribution in [1.82, 2.24) is 4.90 Å². The van der Waals surface area contributed by atoms with Gasteiger partial charge >= 0.3 is 5.97 Å². The maximum atomic E-state index is 14.1. The third-order valence-corrected chi connectivity index (χ3v) is 5.92. The second-order valence-corrected chi connectivity index (χ2v) is 7.63. The van der Waals surface area contributed by atoms with E-state index in [-0.39, 0.29) is 22.2 Å². The zero-order valence-electron chi connectivity index (χ0n) is 14.9. The van der Waals surface area contributed by atoms with Gasteiger partial charge in [0, 0.05) is 30.7 Å². The molecule has 0 unspecified atom stereocenters. The molecule has 0 aliphatic carbocycles. The van der Waals surface area contributed by atoms with Crippen LogP contribution >= 0.6 is 11.6 Å². The van der Waals surface area contributed by atoms with Gasteiger partial charge in [-0.25, -0.2) is 13.6 Å². The number of nitrogens with zero attached hydrogens (tertiary/aromatic N) is 1. The van der Waals surface area contributed by atoms with Gasteiger partial charge in [0.05, 0.1) is 17.2 Å². The minimum atomic E-state index is -1.06. The Kier molecular flexibility index (Phi) is 5.09. The summed E-state index contributed by atoms with van der Waals surface area (Å²) in [5.41, 5.74) is 8.23. The Balaban J connectivity index is 1.49. The molecule has 28 heavy (non-hydrogen) atoms. The van der Waals surface area contributed by atoms with Crippen LogP contribution in [-0.2, 0) is 17.8 Å². The van der Waals surface area contributed by atoms with E-state index in [2.05, 4.69) is 4.90 Å². The molecule has 0 saturated carbocycles. The summed E-state index contributed by atoms with van der Waals surface area (Å²) >= 11 is 6.28. The standard InChI is InChI=1S/C20H19ClF2N2O3/c21-18-13(20(26)27)3-1-10-7-25(8-15(10)18)12-6-17(24)19(28-9-12)14-5-11(22)2-4-16(14)23/h1-5,12,17,19H,6-9,24H2,(H,26,27)/t12-,17+,19-/m1/s1. The van der Waals surface area contributed by atoms with Gasteiger partial charge in [0.1, 0.15) is 17.7 Å². The van der Waals surface area contributed by atoms with Crippen LogP contribution in [0.4, 0.5) is 8.78 Å². The molecule has 2 aromatic carbocycles. The van der Waals surface area contributed by atoms with Crippen molar-refractivity contribution in [2.45, 2.75) is 37.7 Å². The molecule has 0 aromatic heterocycles. The van der Waals surface area contributed by atoms with Crippen LogP contribution in [0.5, 0.6) is 0 Å². The summed E-state index contributed by atoms with van der Waals surface area (Å²) in [7, 11) is 0. The zero-order valence-corrected chi connectivity index (χ0v) is 15.6. The number of carboxylic acid groups (broad SMARTS) is 1. The quantitative estimate of drug-likeness (QED) is 0.813. The SMILES string of the molecule is N[C@H]1C[C@@H](N2Cc3ccc(C(=O)O)c(Cl)c3C2)CO[C@@H]1c1cc(F)ccc1F. The van der Waals surface area contributed by atoms with Crippen molar-refractivity contribution < 1.29 is 23.4 Å². The average Bonchev–Trinajstić information content (AvgIpc) is 3.09. The number of carbonyl (C=O) groups is 1. The first-order valence-electron chi connectivity index (χ1n) is 8.95. The molecule has 3 N–H and O–H groups in total. The summed E-state index contributed by atoms with van der Waals surface area (Å²) in [5.74, 6) is -2.13. The lowest BCUT2D eigenvalue weighted by Gasteiger charge is -2.38. The van der Waals surface area contributed by atoms with E-state index in [4.69, 9.17) is 22.1 Å². The predicted molar refractivity (Wildman–Crippen MR) is 99.1 cm³/mol. The number of halogens is 3. The highest BCUT2D eigenvalue weighted by atomic mass is 35.5. The van der Waals surface area contributed by atoms with Crippen molar-refractivity contribution in [3.05, 3.63) is 69.2 Å². The van der Waals surface area contributed by atoms with E-state index in [1.165, 1.54) is 6.07 Å². The predicted octanol–water partition coefficient (Wildman–Crippen LogP) is 3.49. The Morgan fingerprint density at radius 2 is 2.04 bits per heavy atom. The molecule has 0 bridgehead atoms. The third-order valence-electron chi connectivity index (χ3n) is 5.49. The van der Waals surface area contributed by atoms with Gasteiger partial charge in [-0.05, 0) is 41.8 Å². The molecule has 148 valence electrons. The van der Waals surface area contributed by atoms with E-state index < -0.39 is 29.7 Å². The van der Waals surface area contributed by atoms with Gasteiger partial charge in [-0.3, -0.25) is 4.90 Å². The van der Waals surface area contributed by atoms with Gasteiger partial charge < -0.3 is 15.6 Å². The van der Waals surface area contributed by atoms with Crippen molar-refractivity contribution >= 4 is 17.6 Å². The number of benzene rings is 2. The van der Waals surface area contributed by atoms with Crippen LogP contribution in [0, 0.1) is 11.6 Å². The van der Waals surface area contributed by atoms with Crippen LogP contribution in [0.25, 0.3) is 0 Å². The van der Waals surface area contributed by atoms with Crippen LogP contribution in [0.3, 0.4) is 0 Å². The molecule has 2 aromatic rings. The molecule has 5 nitrogen and oxygen atoms in total. The summed E-state index contributed by atoms with van der Waals surface area (Å²) < 4.78 is 33.4. The van der Waals surface area contributed by atoms with Crippen LogP contribution in [0.1, 0.15) is 39.6 Å². The normalized spacial score (nSPS) is 24.9. The minimum Gasteiger partial charge on any atom is -0.478 e. The molecule has 1 saturated heterocycles. The Morgan fingerprint density at radius 3 is 2.75 bits per heavy atom. The highest BCUT2D eigenvalue weighted by molar-refractivity contribution is 6.34. The molecule has 0 spiro atoms. The van der Waals surface area contributed by atoms with Gasteiger partial charge in [-0.15, -0.1) is 0 Å². The van der Waals surface area contributed by atoms with E-state index in [0.29, 0.717) is 26.1 Å². The molecular formula is C20H19ClF2N2O3. The van der Waals surface area contributed by atoms with Crippen molar-refractivity contribution in [2.24, 2.45) is 5.73 Å². The Morgan fingerprint density at radius 1 is 1.25 bits per heavy atom. The van der Waals surface area contributed by atoms with Crippen LogP contribution in [0.2, 0.25) is 5.02 Å².